The number of piperidine rings is 1. The molecule has 2 atom stereocenters. The summed E-state index contributed by atoms with van der Waals surface area (Å²) in [4.78, 5) is 9.52. The van der Waals surface area contributed by atoms with Crippen LogP contribution in [0.25, 0.3) is 0 Å². The van der Waals surface area contributed by atoms with Gasteiger partial charge in [-0.05, 0) is 43.6 Å². The van der Waals surface area contributed by atoms with Crippen molar-refractivity contribution in [2.24, 2.45) is 4.99 Å². The van der Waals surface area contributed by atoms with Gasteiger partial charge in [0.2, 0.25) is 0 Å². The highest BCUT2D eigenvalue weighted by molar-refractivity contribution is 14.0. The van der Waals surface area contributed by atoms with Crippen LogP contribution < -0.4 is 20.1 Å². The van der Waals surface area contributed by atoms with Crippen molar-refractivity contribution in [2.75, 3.05) is 73.7 Å². The van der Waals surface area contributed by atoms with E-state index in [1.807, 2.05) is 13.1 Å². The maximum absolute atomic E-state index is 5.59. The second-order valence-electron chi connectivity index (χ2n) is 8.39. The number of aliphatic imine (C=N–C) groups is 1. The van der Waals surface area contributed by atoms with Gasteiger partial charge in [0.1, 0.15) is 0 Å². The van der Waals surface area contributed by atoms with Crippen molar-refractivity contribution in [2.45, 2.75) is 38.3 Å². The number of halogens is 1. The van der Waals surface area contributed by atoms with Gasteiger partial charge >= 0.3 is 0 Å². The number of hydrogen-bond acceptors (Lipinski definition) is 6. The van der Waals surface area contributed by atoms with Gasteiger partial charge in [0.15, 0.2) is 17.5 Å². The van der Waals surface area contributed by atoms with Crippen molar-refractivity contribution in [3.05, 3.63) is 23.8 Å². The zero-order chi connectivity index (χ0) is 22.8. The van der Waals surface area contributed by atoms with Crippen LogP contribution in [0.2, 0.25) is 0 Å². The molecule has 2 N–H and O–H groups in total. The molecule has 0 spiro atoms. The van der Waals surface area contributed by atoms with Crippen LogP contribution in [-0.4, -0.2) is 95.6 Å². The molecular weight excluding hydrogens is 533 g/mol. The maximum Gasteiger partial charge on any atom is 0.191 e. The number of guanidine groups is 1. The van der Waals surface area contributed by atoms with Gasteiger partial charge in [-0.1, -0.05) is 19.4 Å². The van der Waals surface area contributed by atoms with Gasteiger partial charge in [0.25, 0.3) is 0 Å². The standard InChI is InChI=1S/C24H41N5O3.HI/c1-5-28-11-7-6-8-20(28)17-26-24(25-2)27-18-21(29-12-14-32-15-13-29)19-9-10-22(30-3)23(16-19)31-4;/h9-10,16,20-21H,5-8,11-15,17-18H2,1-4H3,(H2,25,26,27);1H. The molecule has 2 heterocycles. The molecule has 0 aromatic heterocycles. The van der Waals surface area contributed by atoms with Gasteiger partial charge in [0, 0.05) is 39.3 Å². The van der Waals surface area contributed by atoms with Crippen LogP contribution in [0, 0.1) is 0 Å². The highest BCUT2D eigenvalue weighted by atomic mass is 127. The number of hydrogen-bond donors (Lipinski definition) is 2. The molecule has 2 saturated heterocycles. The molecule has 9 heteroatoms. The molecule has 0 aliphatic carbocycles. The molecule has 0 amide bonds. The van der Waals surface area contributed by atoms with Crippen LogP contribution in [0.5, 0.6) is 11.5 Å². The molecule has 2 aliphatic heterocycles. The van der Waals surface area contributed by atoms with Crippen molar-refractivity contribution >= 4 is 29.9 Å². The molecule has 2 fully saturated rings. The largest absolute Gasteiger partial charge is 0.493 e. The monoisotopic (exact) mass is 575 g/mol. The van der Waals surface area contributed by atoms with Crippen molar-refractivity contribution in [3.63, 3.8) is 0 Å². The molecule has 0 radical (unpaired) electrons. The Morgan fingerprint density at radius 1 is 1.12 bits per heavy atom. The van der Waals surface area contributed by atoms with Gasteiger partial charge in [-0.15, -0.1) is 24.0 Å². The number of nitrogens with zero attached hydrogens (tertiary/aromatic N) is 3. The molecule has 1 aromatic rings. The third-order valence-electron chi connectivity index (χ3n) is 6.63. The van der Waals surface area contributed by atoms with E-state index < -0.39 is 0 Å². The maximum atomic E-state index is 5.59. The number of rotatable bonds is 9. The van der Waals surface area contributed by atoms with E-state index in [-0.39, 0.29) is 30.0 Å². The second-order valence-corrected chi connectivity index (χ2v) is 8.39. The summed E-state index contributed by atoms with van der Waals surface area (Å²) in [6, 6.07) is 6.95. The molecule has 3 rings (SSSR count). The number of morpholine rings is 1. The zero-order valence-corrected chi connectivity index (χ0v) is 23.0. The first-order chi connectivity index (χ1) is 15.7. The summed E-state index contributed by atoms with van der Waals surface area (Å²) >= 11 is 0. The Morgan fingerprint density at radius 2 is 1.88 bits per heavy atom. The quantitative estimate of drug-likeness (QED) is 0.267. The lowest BCUT2D eigenvalue weighted by Crippen LogP contribution is -2.50. The lowest BCUT2D eigenvalue weighted by Gasteiger charge is -2.36. The summed E-state index contributed by atoms with van der Waals surface area (Å²) in [7, 11) is 5.19. The fourth-order valence-corrected chi connectivity index (χ4v) is 4.74. The smallest absolute Gasteiger partial charge is 0.191 e. The summed E-state index contributed by atoms with van der Waals surface area (Å²) < 4.78 is 16.6. The predicted octanol–water partition coefficient (Wildman–Crippen LogP) is 2.73. The Bertz CT molecular complexity index is 730. The van der Waals surface area contributed by atoms with Gasteiger partial charge in [0.05, 0.1) is 33.5 Å². The Labute approximate surface area is 216 Å². The van der Waals surface area contributed by atoms with Gasteiger partial charge in [-0.25, -0.2) is 0 Å². The average Bonchev–Trinajstić information content (AvgIpc) is 2.86. The molecule has 0 saturated carbocycles. The highest BCUT2D eigenvalue weighted by Crippen LogP contribution is 2.32. The van der Waals surface area contributed by atoms with Crippen LogP contribution in [-0.2, 0) is 4.74 Å². The molecule has 1 aromatic carbocycles. The van der Waals surface area contributed by atoms with E-state index in [0.717, 1.165) is 63.4 Å². The van der Waals surface area contributed by atoms with E-state index in [0.29, 0.717) is 6.04 Å². The molecule has 8 nitrogen and oxygen atoms in total. The lowest BCUT2D eigenvalue weighted by atomic mass is 10.0. The number of methoxy groups -OCH3 is 2. The molecule has 33 heavy (non-hydrogen) atoms. The number of benzene rings is 1. The summed E-state index contributed by atoms with van der Waals surface area (Å²) in [5.41, 5.74) is 1.19. The summed E-state index contributed by atoms with van der Waals surface area (Å²) in [5.74, 6) is 2.35. The first-order valence-corrected chi connectivity index (χ1v) is 11.9. The SMILES string of the molecule is CCN1CCCCC1CNC(=NC)NCC(c1ccc(OC)c(OC)c1)N1CCOCC1.I. The molecule has 2 unspecified atom stereocenters. The first-order valence-electron chi connectivity index (χ1n) is 11.9. The van der Waals surface area contributed by atoms with Crippen LogP contribution in [0.3, 0.4) is 0 Å². The van der Waals surface area contributed by atoms with Crippen LogP contribution in [0.4, 0.5) is 0 Å². The Morgan fingerprint density at radius 3 is 2.55 bits per heavy atom. The van der Waals surface area contributed by atoms with Crippen LogP contribution >= 0.6 is 24.0 Å². The van der Waals surface area contributed by atoms with Crippen molar-refractivity contribution < 1.29 is 14.2 Å². The number of likely N-dealkylation sites (N-methyl/N-ethyl adjacent to an activating group) is 1. The third kappa shape index (κ3) is 7.87. The summed E-state index contributed by atoms with van der Waals surface area (Å²) in [6.07, 6.45) is 3.87. The van der Waals surface area contributed by atoms with Crippen molar-refractivity contribution in [3.8, 4) is 11.5 Å². The predicted molar refractivity (Wildman–Crippen MR) is 144 cm³/mol. The Kier molecular flexibility index (Phi) is 12.6. The normalized spacial score (nSPS) is 21.1. The number of likely N-dealkylation sites (tertiary alicyclic amines) is 1. The van der Waals surface area contributed by atoms with E-state index >= 15 is 0 Å². The fraction of sp³-hybridized carbons (Fsp3) is 0.708. The van der Waals surface area contributed by atoms with Crippen LogP contribution in [0.15, 0.2) is 23.2 Å². The molecule has 188 valence electrons. The Balaban J connectivity index is 0.00000385. The second kappa shape index (κ2) is 14.9. The van der Waals surface area contributed by atoms with Crippen molar-refractivity contribution in [1.29, 1.82) is 0 Å². The van der Waals surface area contributed by atoms with E-state index in [1.165, 1.54) is 31.4 Å². The topological polar surface area (TPSA) is 70.6 Å². The van der Waals surface area contributed by atoms with Gasteiger partial charge in [-0.3, -0.25) is 14.8 Å². The lowest BCUT2D eigenvalue weighted by molar-refractivity contribution is 0.0169. The van der Waals surface area contributed by atoms with E-state index in [9.17, 15) is 0 Å². The first kappa shape index (κ1) is 27.9. The van der Waals surface area contributed by atoms with E-state index in [2.05, 4.69) is 44.5 Å². The van der Waals surface area contributed by atoms with Crippen molar-refractivity contribution in [1.82, 2.24) is 20.4 Å². The van der Waals surface area contributed by atoms with Crippen LogP contribution in [0.1, 0.15) is 37.8 Å². The van der Waals surface area contributed by atoms with E-state index in [1.54, 1.807) is 14.2 Å². The Hall–Kier alpha value is -1.30. The summed E-state index contributed by atoms with van der Waals surface area (Å²) in [5, 5.41) is 7.13. The minimum atomic E-state index is 0. The number of nitrogens with one attached hydrogen (secondary N) is 2. The minimum absolute atomic E-state index is 0. The molecular formula is C24H42IN5O3. The minimum Gasteiger partial charge on any atom is -0.493 e. The average molecular weight is 576 g/mol. The van der Waals surface area contributed by atoms with Gasteiger partial charge in [-0.2, -0.15) is 0 Å². The number of ether oxygens (including phenoxy) is 3. The third-order valence-corrected chi connectivity index (χ3v) is 6.63. The molecule has 2 aliphatic rings. The molecule has 0 bridgehead atoms. The summed E-state index contributed by atoms with van der Waals surface area (Å²) in [6.45, 7) is 9.55. The fourth-order valence-electron chi connectivity index (χ4n) is 4.74. The zero-order valence-electron chi connectivity index (χ0n) is 20.6. The van der Waals surface area contributed by atoms with Gasteiger partial charge < -0.3 is 24.8 Å². The highest BCUT2D eigenvalue weighted by Gasteiger charge is 2.25. The van der Waals surface area contributed by atoms with E-state index in [4.69, 9.17) is 14.2 Å².